The van der Waals surface area contributed by atoms with Gasteiger partial charge in [0.1, 0.15) is 5.82 Å². The van der Waals surface area contributed by atoms with E-state index in [-0.39, 0.29) is 17.5 Å². The van der Waals surface area contributed by atoms with Crippen molar-refractivity contribution in [2.75, 3.05) is 5.01 Å². The molecule has 1 aromatic carbocycles. The van der Waals surface area contributed by atoms with Crippen molar-refractivity contribution in [3.63, 3.8) is 0 Å². The van der Waals surface area contributed by atoms with Gasteiger partial charge in [-0.2, -0.15) is 0 Å². The van der Waals surface area contributed by atoms with E-state index in [2.05, 4.69) is 10.2 Å². The molecule has 0 bridgehead atoms. The molecule has 0 unspecified atom stereocenters. The number of carbonyl (C=O) groups excluding carboxylic acids is 2. The molecule has 1 aliphatic rings. The number of benzene rings is 1. The van der Waals surface area contributed by atoms with Gasteiger partial charge in [-0.15, -0.1) is 10.2 Å². The van der Waals surface area contributed by atoms with E-state index in [0.29, 0.717) is 52.8 Å². The minimum Gasteiger partial charge on any atom is -0.294 e. The molecule has 0 radical (unpaired) electrons. The number of aromatic nitrogens is 3. The Morgan fingerprint density at radius 1 is 1.07 bits per heavy atom. The summed E-state index contributed by atoms with van der Waals surface area (Å²) in [6, 6.07) is 5.82. The molecule has 1 amide bonds. The number of hydrogen-bond acceptors (Lipinski definition) is 5. The standard InChI is InChI=1S/C19H21FN4O2S/c1-4-6-15(25)18-17(13-8-10-14(20)11-9-13)24(16(26)7-5-2)23-12(3)21-22-19(23)27-18/h8-11H,4-7H2,1-3H3. The van der Waals surface area contributed by atoms with E-state index in [1.54, 1.807) is 23.7 Å². The number of rotatable bonds is 6. The van der Waals surface area contributed by atoms with Crippen LogP contribution in [0.25, 0.3) is 5.70 Å². The fourth-order valence-electron chi connectivity index (χ4n) is 2.91. The van der Waals surface area contributed by atoms with Crippen molar-refractivity contribution in [1.82, 2.24) is 14.9 Å². The lowest BCUT2D eigenvalue weighted by atomic mass is 10.1. The van der Waals surface area contributed by atoms with E-state index in [1.165, 1.54) is 28.9 Å². The first-order valence-electron chi connectivity index (χ1n) is 8.94. The minimum absolute atomic E-state index is 0.0666. The second-order valence-electron chi connectivity index (χ2n) is 6.26. The molecule has 142 valence electrons. The highest BCUT2D eigenvalue weighted by atomic mass is 32.2. The summed E-state index contributed by atoms with van der Waals surface area (Å²) in [7, 11) is 0. The third-order valence-electron chi connectivity index (χ3n) is 4.14. The van der Waals surface area contributed by atoms with E-state index in [9.17, 15) is 14.0 Å². The van der Waals surface area contributed by atoms with Crippen molar-refractivity contribution in [2.24, 2.45) is 0 Å². The Morgan fingerprint density at radius 3 is 2.37 bits per heavy atom. The van der Waals surface area contributed by atoms with Crippen LogP contribution in [0.15, 0.2) is 34.3 Å². The van der Waals surface area contributed by atoms with Crippen LogP contribution in [0, 0.1) is 12.7 Å². The summed E-state index contributed by atoms with van der Waals surface area (Å²) in [6.45, 7) is 5.60. The van der Waals surface area contributed by atoms with Crippen molar-refractivity contribution >= 4 is 29.1 Å². The van der Waals surface area contributed by atoms with Gasteiger partial charge in [0.05, 0.1) is 10.6 Å². The fraction of sp³-hybridized carbons (Fsp3) is 0.368. The maximum atomic E-state index is 13.5. The molecule has 3 rings (SSSR count). The number of nitrogens with zero attached hydrogens (tertiary/aromatic N) is 4. The summed E-state index contributed by atoms with van der Waals surface area (Å²) in [6.07, 6.45) is 2.01. The van der Waals surface area contributed by atoms with Gasteiger partial charge in [-0.1, -0.05) is 13.8 Å². The summed E-state index contributed by atoms with van der Waals surface area (Å²) in [5.41, 5.74) is 1.07. The Kier molecular flexibility index (Phi) is 5.74. The highest BCUT2D eigenvalue weighted by Gasteiger charge is 2.35. The monoisotopic (exact) mass is 388 g/mol. The predicted molar refractivity (Wildman–Crippen MR) is 102 cm³/mol. The van der Waals surface area contributed by atoms with Gasteiger partial charge in [0.15, 0.2) is 11.6 Å². The second kappa shape index (κ2) is 8.04. The summed E-state index contributed by atoms with van der Waals surface area (Å²) < 4.78 is 15.1. The van der Waals surface area contributed by atoms with Crippen molar-refractivity contribution < 1.29 is 14.0 Å². The Hall–Kier alpha value is -2.48. The smallest absolute Gasteiger partial charge is 0.246 e. The third kappa shape index (κ3) is 3.66. The highest BCUT2D eigenvalue weighted by molar-refractivity contribution is 8.04. The average molecular weight is 388 g/mol. The number of Topliss-reactive ketones (excluding diaryl/α,β-unsaturated/α-hetero) is 1. The zero-order valence-corrected chi connectivity index (χ0v) is 16.3. The molecule has 0 saturated heterocycles. The molecule has 0 aliphatic carbocycles. The molecule has 6 nitrogen and oxygen atoms in total. The van der Waals surface area contributed by atoms with Crippen LogP contribution in [-0.2, 0) is 9.59 Å². The zero-order chi connectivity index (χ0) is 19.6. The minimum atomic E-state index is -0.378. The first-order valence-corrected chi connectivity index (χ1v) is 9.76. The maximum Gasteiger partial charge on any atom is 0.246 e. The van der Waals surface area contributed by atoms with Crippen LogP contribution < -0.4 is 5.01 Å². The number of allylic oxidation sites excluding steroid dienone is 1. The summed E-state index contributed by atoms with van der Waals surface area (Å²) >= 11 is 1.20. The van der Waals surface area contributed by atoms with E-state index >= 15 is 0 Å². The van der Waals surface area contributed by atoms with Crippen molar-refractivity contribution in [2.45, 2.75) is 51.6 Å². The van der Waals surface area contributed by atoms with Crippen LogP contribution in [-0.4, -0.2) is 26.6 Å². The van der Waals surface area contributed by atoms with Gasteiger partial charge in [-0.25, -0.2) is 14.1 Å². The molecule has 2 aromatic rings. The van der Waals surface area contributed by atoms with E-state index < -0.39 is 0 Å². The molecular weight excluding hydrogens is 367 g/mol. The lowest BCUT2D eigenvalue weighted by Crippen LogP contribution is -2.42. The first kappa shape index (κ1) is 19.3. The second-order valence-corrected chi connectivity index (χ2v) is 7.23. The number of halogens is 1. The van der Waals surface area contributed by atoms with Crippen molar-refractivity contribution in [3.05, 3.63) is 46.4 Å². The van der Waals surface area contributed by atoms with Crippen LogP contribution in [0.3, 0.4) is 0 Å². The number of fused-ring (bicyclic) bond motifs is 1. The number of thioether (sulfide) groups is 1. The molecule has 27 heavy (non-hydrogen) atoms. The number of ketones is 1. The lowest BCUT2D eigenvalue weighted by molar-refractivity contribution is -0.119. The summed E-state index contributed by atoms with van der Waals surface area (Å²) in [5.74, 6) is -0.0634. The van der Waals surface area contributed by atoms with Crippen LogP contribution in [0.4, 0.5) is 4.39 Å². The quantitative estimate of drug-likeness (QED) is 0.752. The van der Waals surface area contributed by atoms with Crippen LogP contribution >= 0.6 is 11.8 Å². The molecule has 0 N–H and O–H groups in total. The molecule has 1 aliphatic heterocycles. The fourth-order valence-corrected chi connectivity index (χ4v) is 4.00. The van der Waals surface area contributed by atoms with Crippen molar-refractivity contribution in [3.8, 4) is 0 Å². The summed E-state index contributed by atoms with van der Waals surface area (Å²) in [4.78, 5) is 26.3. The third-order valence-corrected chi connectivity index (χ3v) is 5.20. The van der Waals surface area contributed by atoms with Gasteiger partial charge in [-0.3, -0.25) is 9.59 Å². The van der Waals surface area contributed by atoms with Gasteiger partial charge < -0.3 is 0 Å². The Bertz CT molecular complexity index is 905. The molecule has 0 fully saturated rings. The number of aryl methyl sites for hydroxylation is 1. The van der Waals surface area contributed by atoms with Gasteiger partial charge in [-0.05, 0) is 55.8 Å². The SMILES string of the molecule is CCCC(=O)C1=C(c2ccc(F)cc2)N(C(=O)CCC)n2c(C)nnc2S1. The van der Waals surface area contributed by atoms with Crippen LogP contribution in [0.1, 0.15) is 50.9 Å². The molecule has 2 heterocycles. The normalized spacial score (nSPS) is 13.7. The largest absolute Gasteiger partial charge is 0.294 e. The van der Waals surface area contributed by atoms with Crippen LogP contribution in [0.5, 0.6) is 0 Å². The Morgan fingerprint density at radius 2 is 1.74 bits per heavy atom. The molecule has 0 saturated carbocycles. The van der Waals surface area contributed by atoms with Crippen molar-refractivity contribution in [1.29, 1.82) is 0 Å². The molecule has 0 atom stereocenters. The topological polar surface area (TPSA) is 68.1 Å². The van der Waals surface area contributed by atoms with Gasteiger partial charge >= 0.3 is 0 Å². The highest BCUT2D eigenvalue weighted by Crippen LogP contribution is 2.40. The number of hydrogen-bond donors (Lipinski definition) is 0. The molecule has 1 aromatic heterocycles. The molecule has 8 heteroatoms. The summed E-state index contributed by atoms with van der Waals surface area (Å²) in [5, 5.41) is 10.1. The number of carbonyl (C=O) groups is 2. The van der Waals surface area contributed by atoms with Gasteiger partial charge in [0, 0.05) is 18.4 Å². The maximum absolute atomic E-state index is 13.5. The van der Waals surface area contributed by atoms with Gasteiger partial charge in [0.25, 0.3) is 0 Å². The average Bonchev–Trinajstić information content (AvgIpc) is 3.02. The predicted octanol–water partition coefficient (Wildman–Crippen LogP) is 3.83. The Balaban J connectivity index is 2.24. The van der Waals surface area contributed by atoms with Gasteiger partial charge in [0.2, 0.25) is 11.1 Å². The van der Waals surface area contributed by atoms with E-state index in [4.69, 9.17) is 0 Å². The zero-order valence-electron chi connectivity index (χ0n) is 15.5. The first-order chi connectivity index (χ1) is 13.0. The molecular formula is C19H21FN4O2S. The van der Waals surface area contributed by atoms with E-state index in [1.807, 2.05) is 13.8 Å². The number of amides is 1. The lowest BCUT2D eigenvalue weighted by Gasteiger charge is -2.33. The van der Waals surface area contributed by atoms with Crippen LogP contribution in [0.2, 0.25) is 0 Å². The molecule has 0 spiro atoms. The van der Waals surface area contributed by atoms with E-state index in [0.717, 1.165) is 0 Å². The Labute approximate surface area is 161 Å².